The lowest BCUT2D eigenvalue weighted by Crippen LogP contribution is -2.47. The average Bonchev–Trinajstić information content (AvgIpc) is 3.31. The molecule has 2 heterocycles. The van der Waals surface area contributed by atoms with Gasteiger partial charge in [-0.1, -0.05) is 0 Å². The number of nitrogens with one attached hydrogen (secondary N) is 2. The fourth-order valence-electron chi connectivity index (χ4n) is 3.03. The molecule has 2 N–H and O–H groups in total. The Morgan fingerprint density at radius 3 is 2.62 bits per heavy atom. The highest BCUT2D eigenvalue weighted by atomic mass is 16.6. The number of carbonyl (C=O) groups excluding carboxylic acids is 3. The molecular weight excluding hydrogens is 426 g/mol. The summed E-state index contributed by atoms with van der Waals surface area (Å²) in [4.78, 5) is 47.7. The van der Waals surface area contributed by atoms with Crippen molar-refractivity contribution in [1.29, 1.82) is 0 Å². The maximum Gasteiger partial charge on any atom is 0.338 e. The van der Waals surface area contributed by atoms with Gasteiger partial charge < -0.3 is 29.3 Å². The van der Waals surface area contributed by atoms with Gasteiger partial charge in [-0.05, 0) is 31.2 Å². The third-order valence-corrected chi connectivity index (χ3v) is 4.44. The molecule has 0 fully saturated rings. The molecule has 1 aromatic heterocycles. The molecule has 1 aliphatic heterocycles. The fraction of sp³-hybridized carbons (Fsp3) is 0.250. The van der Waals surface area contributed by atoms with Gasteiger partial charge >= 0.3 is 23.7 Å². The first-order valence-electron chi connectivity index (χ1n) is 9.36. The van der Waals surface area contributed by atoms with Crippen LogP contribution in [-0.2, 0) is 14.3 Å². The molecule has 1 atom stereocenters. The number of hydrogen-bond acceptors (Lipinski definition) is 9. The number of furan rings is 1. The van der Waals surface area contributed by atoms with Gasteiger partial charge in [-0.3, -0.25) is 10.1 Å². The number of hydrogen-bond donors (Lipinski definition) is 2. The smallest absolute Gasteiger partial charge is 0.338 e. The van der Waals surface area contributed by atoms with Crippen LogP contribution in [0.1, 0.15) is 29.1 Å². The molecule has 32 heavy (non-hydrogen) atoms. The zero-order chi connectivity index (χ0) is 23.3. The number of nitro benzene ring substituents is 1. The Morgan fingerprint density at radius 1 is 1.22 bits per heavy atom. The van der Waals surface area contributed by atoms with Crippen molar-refractivity contribution in [3.63, 3.8) is 0 Å². The van der Waals surface area contributed by atoms with Crippen molar-refractivity contribution >= 4 is 23.7 Å². The lowest BCUT2D eigenvalue weighted by Gasteiger charge is -2.27. The summed E-state index contributed by atoms with van der Waals surface area (Å²) in [6, 6.07) is 5.10. The summed E-state index contributed by atoms with van der Waals surface area (Å²) in [5.41, 5.74) is -0.542. The topological polar surface area (TPSA) is 159 Å². The number of esters is 2. The number of rotatable bonds is 8. The average molecular weight is 445 g/mol. The summed E-state index contributed by atoms with van der Waals surface area (Å²) in [5.74, 6) is -1.40. The zero-order valence-electron chi connectivity index (χ0n) is 17.1. The number of carbonyl (C=O) groups is 3. The predicted molar refractivity (Wildman–Crippen MR) is 107 cm³/mol. The van der Waals surface area contributed by atoms with Gasteiger partial charge in [0.05, 0.1) is 41.7 Å². The summed E-state index contributed by atoms with van der Waals surface area (Å²) < 4.78 is 20.5. The van der Waals surface area contributed by atoms with Crippen molar-refractivity contribution in [2.75, 3.05) is 20.3 Å². The summed E-state index contributed by atoms with van der Waals surface area (Å²) >= 11 is 0. The van der Waals surface area contributed by atoms with E-state index in [-0.39, 0.29) is 35.0 Å². The van der Waals surface area contributed by atoms with Gasteiger partial charge in [0.2, 0.25) is 0 Å². The Kier molecular flexibility index (Phi) is 6.73. The quantitative estimate of drug-likeness (QED) is 0.353. The maximum atomic E-state index is 12.6. The second kappa shape index (κ2) is 9.64. The summed E-state index contributed by atoms with van der Waals surface area (Å²) in [6.45, 7) is 1.19. The van der Waals surface area contributed by atoms with Gasteiger partial charge in [0.25, 0.3) is 0 Å². The molecule has 0 aliphatic carbocycles. The summed E-state index contributed by atoms with van der Waals surface area (Å²) in [5, 5.41) is 16.2. The van der Waals surface area contributed by atoms with Crippen molar-refractivity contribution < 1.29 is 37.9 Å². The van der Waals surface area contributed by atoms with Crippen molar-refractivity contribution in [3.8, 4) is 5.75 Å². The monoisotopic (exact) mass is 445 g/mol. The number of methoxy groups -OCH3 is 1. The van der Waals surface area contributed by atoms with Crippen LogP contribution in [0.2, 0.25) is 0 Å². The van der Waals surface area contributed by atoms with Crippen LogP contribution < -0.4 is 15.4 Å². The molecule has 0 bridgehead atoms. The van der Waals surface area contributed by atoms with E-state index in [0.29, 0.717) is 0 Å². The molecule has 12 nitrogen and oxygen atoms in total. The molecular formula is C20H19N3O9. The molecule has 2 amide bonds. The third kappa shape index (κ3) is 4.69. The first-order valence-corrected chi connectivity index (χ1v) is 9.36. The minimum absolute atomic E-state index is 0.00471. The van der Waals surface area contributed by atoms with Crippen LogP contribution in [0.4, 0.5) is 10.5 Å². The van der Waals surface area contributed by atoms with E-state index >= 15 is 0 Å². The molecule has 0 saturated carbocycles. The van der Waals surface area contributed by atoms with E-state index in [9.17, 15) is 24.5 Å². The van der Waals surface area contributed by atoms with Gasteiger partial charge in [0.1, 0.15) is 18.4 Å². The van der Waals surface area contributed by atoms with E-state index in [4.69, 9.17) is 18.6 Å². The van der Waals surface area contributed by atoms with Gasteiger partial charge in [-0.15, -0.1) is 0 Å². The van der Waals surface area contributed by atoms with Crippen LogP contribution in [0.15, 0.2) is 52.3 Å². The molecule has 2 aromatic rings. The Bertz CT molecular complexity index is 1080. The van der Waals surface area contributed by atoms with E-state index in [1.54, 1.807) is 19.1 Å². The number of ether oxygens (including phenoxy) is 3. The number of nitrogens with zero attached hydrogens (tertiary/aromatic N) is 1. The zero-order valence-corrected chi connectivity index (χ0v) is 17.1. The van der Waals surface area contributed by atoms with Crippen LogP contribution in [0, 0.1) is 10.1 Å². The second-order valence-electron chi connectivity index (χ2n) is 6.38. The Morgan fingerprint density at radius 2 is 2.00 bits per heavy atom. The third-order valence-electron chi connectivity index (χ3n) is 4.44. The normalized spacial score (nSPS) is 15.4. The number of urea groups is 1. The molecule has 1 aliphatic rings. The minimum atomic E-state index is -0.964. The molecule has 12 heteroatoms. The lowest BCUT2D eigenvalue weighted by atomic mass is 10.0. The Hall–Kier alpha value is -4.35. The second-order valence-corrected chi connectivity index (χ2v) is 6.38. The molecule has 3 rings (SSSR count). The Labute approximate surface area is 181 Å². The van der Waals surface area contributed by atoms with Crippen LogP contribution in [0.3, 0.4) is 0 Å². The van der Waals surface area contributed by atoms with Gasteiger partial charge in [0, 0.05) is 6.07 Å². The van der Waals surface area contributed by atoms with Crippen LogP contribution in [0.25, 0.3) is 0 Å². The Balaban J connectivity index is 1.89. The minimum Gasteiger partial charge on any atom is -0.490 e. The highest BCUT2D eigenvalue weighted by Crippen LogP contribution is 2.29. The van der Waals surface area contributed by atoms with E-state index in [1.807, 2.05) is 0 Å². The van der Waals surface area contributed by atoms with Crippen LogP contribution in [0.5, 0.6) is 5.75 Å². The van der Waals surface area contributed by atoms with E-state index in [0.717, 1.165) is 6.07 Å². The van der Waals surface area contributed by atoms with E-state index in [2.05, 4.69) is 10.6 Å². The molecule has 1 unspecified atom stereocenters. The van der Waals surface area contributed by atoms with Crippen LogP contribution in [-0.4, -0.2) is 43.2 Å². The first kappa shape index (κ1) is 22.3. The predicted octanol–water partition coefficient (Wildman–Crippen LogP) is 2.22. The summed E-state index contributed by atoms with van der Waals surface area (Å²) in [6.07, 6.45) is 1.38. The molecule has 1 aromatic carbocycles. The highest BCUT2D eigenvalue weighted by Gasteiger charge is 2.35. The van der Waals surface area contributed by atoms with Gasteiger partial charge in [-0.2, -0.15) is 0 Å². The van der Waals surface area contributed by atoms with E-state index < -0.39 is 41.2 Å². The van der Waals surface area contributed by atoms with Crippen LogP contribution >= 0.6 is 0 Å². The SMILES string of the molecule is CCOC(=O)C1=C(COC(=O)c2ccc(OC)c([N+](=O)[O-])c2)NC(=O)NC1c1ccco1. The molecule has 168 valence electrons. The largest absolute Gasteiger partial charge is 0.490 e. The van der Waals surface area contributed by atoms with Crippen molar-refractivity contribution in [2.45, 2.75) is 13.0 Å². The molecule has 0 spiro atoms. The first-order chi connectivity index (χ1) is 15.3. The number of benzene rings is 1. The fourth-order valence-corrected chi connectivity index (χ4v) is 3.03. The van der Waals surface area contributed by atoms with Gasteiger partial charge in [0.15, 0.2) is 5.75 Å². The number of nitro groups is 1. The van der Waals surface area contributed by atoms with E-state index in [1.165, 1.54) is 25.5 Å². The number of amides is 2. The molecule has 0 radical (unpaired) electrons. The van der Waals surface area contributed by atoms with Gasteiger partial charge in [-0.25, -0.2) is 14.4 Å². The van der Waals surface area contributed by atoms with Crippen molar-refractivity contribution in [2.24, 2.45) is 0 Å². The van der Waals surface area contributed by atoms with Crippen molar-refractivity contribution in [1.82, 2.24) is 10.6 Å². The maximum absolute atomic E-state index is 12.6. The summed E-state index contributed by atoms with van der Waals surface area (Å²) in [7, 11) is 1.26. The van der Waals surface area contributed by atoms with Crippen molar-refractivity contribution in [3.05, 3.63) is 69.3 Å². The lowest BCUT2D eigenvalue weighted by molar-refractivity contribution is -0.385. The molecule has 0 saturated heterocycles. The highest BCUT2D eigenvalue weighted by molar-refractivity contribution is 5.95. The standard InChI is InChI=1S/C20H19N3O9/c1-3-30-19(25)16-12(21-20(26)22-17(16)15-5-4-8-31-15)10-32-18(24)11-6-7-14(29-2)13(9-11)23(27)28/h4-9,17H,3,10H2,1-2H3,(H2,21,22,26).